The summed E-state index contributed by atoms with van der Waals surface area (Å²) in [7, 11) is 3.23. The number of methoxy groups -OCH3 is 2. The van der Waals surface area contributed by atoms with Crippen LogP contribution < -0.4 is 9.47 Å². The van der Waals surface area contributed by atoms with E-state index in [1.807, 2.05) is 54.7 Å². The maximum atomic E-state index is 11.6. The SMILES string of the molecule is COc1cccc([C@H]2C[C@H](CC(=O)O)c3cccn3-c3ccc(Cl)cc32)c1OC. The lowest BCUT2D eigenvalue weighted by atomic mass is 9.81. The molecular weight excluding hydrogens is 390 g/mol. The first-order valence-electron chi connectivity index (χ1n) is 9.43. The Kier molecular flexibility index (Phi) is 5.24. The highest BCUT2D eigenvalue weighted by Crippen LogP contribution is 2.47. The van der Waals surface area contributed by atoms with E-state index in [4.69, 9.17) is 21.1 Å². The van der Waals surface area contributed by atoms with Gasteiger partial charge >= 0.3 is 5.97 Å². The van der Waals surface area contributed by atoms with Crippen LogP contribution in [0.1, 0.15) is 41.5 Å². The third-order valence-electron chi connectivity index (χ3n) is 5.57. The number of carbonyl (C=O) groups is 1. The largest absolute Gasteiger partial charge is 0.493 e. The Hall–Kier alpha value is -2.92. The zero-order valence-corrected chi connectivity index (χ0v) is 17.0. The van der Waals surface area contributed by atoms with Crippen molar-refractivity contribution in [1.29, 1.82) is 0 Å². The molecule has 1 N–H and O–H groups in total. The molecule has 6 heteroatoms. The van der Waals surface area contributed by atoms with E-state index in [-0.39, 0.29) is 18.3 Å². The van der Waals surface area contributed by atoms with Gasteiger partial charge < -0.3 is 19.1 Å². The molecule has 1 aliphatic rings. The highest BCUT2D eigenvalue weighted by molar-refractivity contribution is 6.30. The number of fused-ring (bicyclic) bond motifs is 3. The molecule has 2 atom stereocenters. The number of ether oxygens (including phenoxy) is 2. The van der Waals surface area contributed by atoms with E-state index in [1.54, 1.807) is 14.2 Å². The molecule has 1 aromatic heterocycles. The van der Waals surface area contributed by atoms with E-state index < -0.39 is 5.97 Å². The highest BCUT2D eigenvalue weighted by atomic mass is 35.5. The van der Waals surface area contributed by atoms with Crippen molar-refractivity contribution in [1.82, 2.24) is 4.57 Å². The monoisotopic (exact) mass is 411 g/mol. The average Bonchev–Trinajstić information content (AvgIpc) is 3.15. The maximum Gasteiger partial charge on any atom is 0.304 e. The minimum atomic E-state index is -0.817. The molecule has 0 aliphatic carbocycles. The Bertz CT molecular complexity index is 1060. The number of carboxylic acid groups (broad SMARTS) is 1. The fraction of sp³-hybridized carbons (Fsp3) is 0.261. The van der Waals surface area contributed by atoms with Crippen LogP contribution in [0.15, 0.2) is 54.7 Å². The summed E-state index contributed by atoms with van der Waals surface area (Å²) in [5.74, 6) is 0.231. The van der Waals surface area contributed by atoms with Crippen LogP contribution in [0.2, 0.25) is 5.02 Å². The molecule has 0 fully saturated rings. The summed E-state index contributed by atoms with van der Waals surface area (Å²) < 4.78 is 13.3. The molecule has 2 aromatic carbocycles. The molecule has 1 aliphatic heterocycles. The fourth-order valence-corrected chi connectivity index (χ4v) is 4.56. The second-order valence-corrected chi connectivity index (χ2v) is 7.61. The molecule has 150 valence electrons. The molecule has 0 spiro atoms. The van der Waals surface area contributed by atoms with Crippen LogP contribution in [0, 0.1) is 0 Å². The number of carboxylic acids is 1. The van der Waals surface area contributed by atoms with E-state index in [1.165, 1.54) is 0 Å². The summed E-state index contributed by atoms with van der Waals surface area (Å²) in [6, 6.07) is 15.6. The van der Waals surface area contributed by atoms with Gasteiger partial charge in [0.05, 0.1) is 20.6 Å². The molecule has 3 aromatic rings. The van der Waals surface area contributed by atoms with Gasteiger partial charge in [0.15, 0.2) is 11.5 Å². The molecule has 2 heterocycles. The van der Waals surface area contributed by atoms with Crippen molar-refractivity contribution in [3.8, 4) is 17.2 Å². The van der Waals surface area contributed by atoms with E-state index in [0.717, 1.165) is 22.5 Å². The van der Waals surface area contributed by atoms with Crippen molar-refractivity contribution in [2.24, 2.45) is 0 Å². The van der Waals surface area contributed by atoms with Crippen molar-refractivity contribution in [3.63, 3.8) is 0 Å². The van der Waals surface area contributed by atoms with Crippen LogP contribution in [-0.4, -0.2) is 29.9 Å². The normalized spacial score (nSPS) is 17.8. The summed E-state index contributed by atoms with van der Waals surface area (Å²) in [6.45, 7) is 0. The minimum absolute atomic E-state index is 0.0501. The van der Waals surface area contributed by atoms with Crippen LogP contribution in [0.25, 0.3) is 5.69 Å². The van der Waals surface area contributed by atoms with Gasteiger partial charge in [-0.2, -0.15) is 0 Å². The number of rotatable bonds is 5. The van der Waals surface area contributed by atoms with Gasteiger partial charge in [0.2, 0.25) is 0 Å². The first-order chi connectivity index (χ1) is 14.0. The Morgan fingerprint density at radius 1 is 1.14 bits per heavy atom. The van der Waals surface area contributed by atoms with E-state index in [9.17, 15) is 9.90 Å². The number of aromatic nitrogens is 1. The first-order valence-corrected chi connectivity index (χ1v) is 9.81. The van der Waals surface area contributed by atoms with Gasteiger partial charge in [-0.15, -0.1) is 0 Å². The standard InChI is InChI=1S/C23H22ClNO4/c1-28-21-7-3-5-16(23(21)29-2)17-11-14(12-22(26)27)19-6-4-10-25(19)20-9-8-15(24)13-18(17)20/h3-10,13-14,17H,11-12H2,1-2H3,(H,26,27)/t14-,17-/m1/s1. The third kappa shape index (κ3) is 3.47. The van der Waals surface area contributed by atoms with Gasteiger partial charge in [0.1, 0.15) is 0 Å². The molecule has 0 radical (unpaired) electrons. The van der Waals surface area contributed by atoms with Gasteiger partial charge in [0.25, 0.3) is 0 Å². The van der Waals surface area contributed by atoms with Crippen LogP contribution in [0.3, 0.4) is 0 Å². The zero-order chi connectivity index (χ0) is 20.5. The van der Waals surface area contributed by atoms with Gasteiger partial charge in [-0.3, -0.25) is 4.79 Å². The van der Waals surface area contributed by atoms with Crippen LogP contribution in [0.5, 0.6) is 11.5 Å². The van der Waals surface area contributed by atoms with Crippen molar-refractivity contribution in [3.05, 3.63) is 76.6 Å². The van der Waals surface area contributed by atoms with Crippen LogP contribution in [-0.2, 0) is 4.79 Å². The second kappa shape index (κ2) is 7.84. The van der Waals surface area contributed by atoms with Crippen molar-refractivity contribution < 1.29 is 19.4 Å². The van der Waals surface area contributed by atoms with Gasteiger partial charge in [-0.05, 0) is 48.4 Å². The number of nitrogens with zero attached hydrogens (tertiary/aromatic N) is 1. The number of hydrogen-bond donors (Lipinski definition) is 1. The van der Waals surface area contributed by atoms with Crippen molar-refractivity contribution in [2.75, 3.05) is 14.2 Å². The van der Waals surface area contributed by atoms with Gasteiger partial charge in [0, 0.05) is 40.0 Å². The Morgan fingerprint density at radius 3 is 2.69 bits per heavy atom. The quantitative estimate of drug-likeness (QED) is 0.623. The Labute approximate surface area is 174 Å². The average molecular weight is 412 g/mol. The summed E-state index contributed by atoms with van der Waals surface area (Å²) >= 11 is 6.38. The number of halogens is 1. The Balaban J connectivity index is 1.96. The molecule has 29 heavy (non-hydrogen) atoms. The number of benzene rings is 2. The molecule has 4 rings (SSSR count). The molecule has 5 nitrogen and oxygen atoms in total. The predicted octanol–water partition coefficient (Wildman–Crippen LogP) is 5.24. The molecule has 0 saturated carbocycles. The molecule has 0 amide bonds. The third-order valence-corrected chi connectivity index (χ3v) is 5.81. The second-order valence-electron chi connectivity index (χ2n) is 7.17. The molecule has 0 saturated heterocycles. The van der Waals surface area contributed by atoms with Crippen LogP contribution >= 0.6 is 11.6 Å². The Morgan fingerprint density at radius 2 is 1.97 bits per heavy atom. The fourth-order valence-electron chi connectivity index (χ4n) is 4.38. The van der Waals surface area contributed by atoms with E-state index >= 15 is 0 Å². The molecule has 0 unspecified atom stereocenters. The highest BCUT2D eigenvalue weighted by Gasteiger charge is 2.33. The number of hydrogen-bond acceptors (Lipinski definition) is 3. The topological polar surface area (TPSA) is 60.7 Å². The summed E-state index contributed by atoms with van der Waals surface area (Å²) in [4.78, 5) is 11.6. The number of para-hydroxylation sites is 1. The summed E-state index contributed by atoms with van der Waals surface area (Å²) in [5, 5.41) is 10.2. The lowest BCUT2D eigenvalue weighted by Gasteiger charge is -2.24. The van der Waals surface area contributed by atoms with E-state index in [2.05, 4.69) is 4.57 Å². The molecular formula is C23H22ClNO4. The summed E-state index contributed by atoms with van der Waals surface area (Å²) in [6.07, 6.45) is 2.64. The van der Waals surface area contributed by atoms with E-state index in [0.29, 0.717) is 22.9 Å². The van der Waals surface area contributed by atoms with Crippen molar-refractivity contribution in [2.45, 2.75) is 24.7 Å². The lowest BCUT2D eigenvalue weighted by Crippen LogP contribution is -2.12. The minimum Gasteiger partial charge on any atom is -0.493 e. The lowest BCUT2D eigenvalue weighted by molar-refractivity contribution is -0.137. The van der Waals surface area contributed by atoms with Crippen molar-refractivity contribution >= 4 is 17.6 Å². The maximum absolute atomic E-state index is 11.6. The zero-order valence-electron chi connectivity index (χ0n) is 16.3. The summed E-state index contributed by atoms with van der Waals surface area (Å²) in [5.41, 5.74) is 3.98. The first kappa shape index (κ1) is 19.4. The van der Waals surface area contributed by atoms with Crippen LogP contribution in [0.4, 0.5) is 0 Å². The van der Waals surface area contributed by atoms with Gasteiger partial charge in [-0.1, -0.05) is 23.7 Å². The smallest absolute Gasteiger partial charge is 0.304 e. The van der Waals surface area contributed by atoms with Gasteiger partial charge in [-0.25, -0.2) is 0 Å². The number of aliphatic carboxylic acids is 1. The predicted molar refractivity (Wildman–Crippen MR) is 112 cm³/mol. The molecule has 0 bridgehead atoms.